The number of methoxy groups -OCH3 is 1. The van der Waals surface area contributed by atoms with E-state index in [4.69, 9.17) is 5.26 Å². The summed E-state index contributed by atoms with van der Waals surface area (Å²) in [4.78, 5) is 11.1. The molecule has 0 aromatic heterocycles. The van der Waals surface area contributed by atoms with Gasteiger partial charge in [0.1, 0.15) is 11.8 Å². The summed E-state index contributed by atoms with van der Waals surface area (Å²) in [5.41, 5.74) is -1.36. The van der Waals surface area contributed by atoms with Crippen molar-refractivity contribution in [2.24, 2.45) is 0 Å². The largest absolute Gasteiger partial charge is 0.506 e. The van der Waals surface area contributed by atoms with Crippen molar-refractivity contribution in [1.29, 1.82) is 5.26 Å². The topological polar surface area (TPSA) is 70.3 Å². The van der Waals surface area contributed by atoms with Gasteiger partial charge in [-0.2, -0.15) is 5.26 Å². The Hall–Kier alpha value is -2.16. The van der Waals surface area contributed by atoms with E-state index in [0.29, 0.717) is 0 Å². The molecule has 0 aliphatic heterocycles. The van der Waals surface area contributed by atoms with Crippen molar-refractivity contribution in [2.75, 3.05) is 7.11 Å². The number of alkyl halides is 2. The monoisotopic (exact) mass is 227 g/mol. The molecule has 1 aromatic carbocycles. The minimum absolute atomic E-state index is 0.202. The number of phenols is 1. The van der Waals surface area contributed by atoms with Crippen molar-refractivity contribution >= 4 is 5.97 Å². The Bertz CT molecular complexity index is 466. The molecule has 16 heavy (non-hydrogen) atoms. The molecule has 1 N–H and O–H groups in total. The summed E-state index contributed by atoms with van der Waals surface area (Å²) in [5, 5.41) is 17.9. The Morgan fingerprint density at radius 3 is 2.62 bits per heavy atom. The zero-order valence-corrected chi connectivity index (χ0v) is 8.20. The average molecular weight is 227 g/mol. The van der Waals surface area contributed by atoms with E-state index < -0.39 is 29.3 Å². The number of aromatic hydroxyl groups is 1. The second-order valence-corrected chi connectivity index (χ2v) is 2.87. The van der Waals surface area contributed by atoms with Crippen molar-refractivity contribution in [1.82, 2.24) is 0 Å². The fourth-order valence-electron chi connectivity index (χ4n) is 1.14. The Morgan fingerprint density at radius 1 is 1.56 bits per heavy atom. The molecule has 0 aliphatic carbocycles. The van der Waals surface area contributed by atoms with Gasteiger partial charge in [0.2, 0.25) is 0 Å². The van der Waals surface area contributed by atoms with Crippen LogP contribution in [0.5, 0.6) is 5.75 Å². The summed E-state index contributed by atoms with van der Waals surface area (Å²) < 4.78 is 29.3. The third kappa shape index (κ3) is 2.08. The minimum Gasteiger partial charge on any atom is -0.506 e. The second-order valence-electron chi connectivity index (χ2n) is 2.87. The van der Waals surface area contributed by atoms with Crippen molar-refractivity contribution in [3.05, 3.63) is 28.8 Å². The highest BCUT2D eigenvalue weighted by Gasteiger charge is 2.20. The van der Waals surface area contributed by atoms with Gasteiger partial charge in [0.25, 0.3) is 6.43 Å². The predicted octanol–water partition coefficient (Wildman–Crippen LogP) is 1.99. The van der Waals surface area contributed by atoms with E-state index in [9.17, 15) is 18.7 Å². The lowest BCUT2D eigenvalue weighted by Gasteiger charge is -2.07. The predicted molar refractivity (Wildman–Crippen MR) is 49.1 cm³/mol. The molecule has 0 saturated heterocycles. The van der Waals surface area contributed by atoms with E-state index in [-0.39, 0.29) is 5.56 Å². The number of hydrogen-bond acceptors (Lipinski definition) is 4. The molecule has 0 bridgehead atoms. The second kappa shape index (κ2) is 4.57. The molecule has 6 heteroatoms. The summed E-state index contributed by atoms with van der Waals surface area (Å²) in [6.07, 6.45) is -2.98. The van der Waals surface area contributed by atoms with Crippen molar-refractivity contribution < 1.29 is 23.4 Å². The lowest BCUT2D eigenvalue weighted by molar-refractivity contribution is 0.0600. The van der Waals surface area contributed by atoms with Gasteiger partial charge in [-0.1, -0.05) is 0 Å². The van der Waals surface area contributed by atoms with Crippen LogP contribution in [0.15, 0.2) is 12.1 Å². The van der Waals surface area contributed by atoms with Crippen LogP contribution in [0.3, 0.4) is 0 Å². The highest BCUT2D eigenvalue weighted by molar-refractivity contribution is 5.90. The van der Waals surface area contributed by atoms with Crippen LogP contribution in [0.25, 0.3) is 0 Å². The van der Waals surface area contributed by atoms with E-state index in [1.165, 1.54) is 6.07 Å². The van der Waals surface area contributed by atoms with Gasteiger partial charge in [-0.25, -0.2) is 13.6 Å². The number of hydrogen-bond donors (Lipinski definition) is 1. The van der Waals surface area contributed by atoms with Crippen LogP contribution >= 0.6 is 0 Å². The zero-order chi connectivity index (χ0) is 12.3. The molecule has 0 fully saturated rings. The summed E-state index contributed by atoms with van der Waals surface area (Å²) in [6.45, 7) is 0. The van der Waals surface area contributed by atoms with Crippen molar-refractivity contribution in [2.45, 2.75) is 6.43 Å². The maximum atomic E-state index is 12.5. The first-order valence-electron chi connectivity index (χ1n) is 4.14. The highest BCUT2D eigenvalue weighted by Crippen LogP contribution is 2.32. The van der Waals surface area contributed by atoms with Gasteiger partial charge in [0, 0.05) is 0 Å². The Balaban J connectivity index is 3.41. The highest BCUT2D eigenvalue weighted by atomic mass is 19.3. The molecular formula is C10H7F2NO3. The number of carbonyl (C=O) groups excluding carboxylic acids is 1. The number of ether oxygens (including phenoxy) is 1. The van der Waals surface area contributed by atoms with E-state index >= 15 is 0 Å². The number of phenolic OH excluding ortho intramolecular Hbond substituents is 1. The normalized spacial score (nSPS) is 9.94. The van der Waals surface area contributed by atoms with Crippen molar-refractivity contribution in [3.8, 4) is 11.8 Å². The van der Waals surface area contributed by atoms with Crippen LogP contribution in [0.2, 0.25) is 0 Å². The maximum Gasteiger partial charge on any atom is 0.337 e. The van der Waals surface area contributed by atoms with Gasteiger partial charge >= 0.3 is 5.97 Å². The summed E-state index contributed by atoms with van der Waals surface area (Å²) >= 11 is 0. The molecule has 0 heterocycles. The lowest BCUT2D eigenvalue weighted by Crippen LogP contribution is -2.03. The minimum atomic E-state index is -2.98. The summed E-state index contributed by atoms with van der Waals surface area (Å²) in [5.74, 6) is -1.66. The Kier molecular flexibility index (Phi) is 3.40. The van der Waals surface area contributed by atoms with Crippen LogP contribution in [0.4, 0.5) is 8.78 Å². The van der Waals surface area contributed by atoms with Crippen LogP contribution in [0.1, 0.15) is 27.9 Å². The van der Waals surface area contributed by atoms with E-state index in [2.05, 4.69) is 4.74 Å². The number of esters is 1. The Morgan fingerprint density at radius 2 is 2.19 bits per heavy atom. The van der Waals surface area contributed by atoms with Crippen LogP contribution in [0, 0.1) is 11.3 Å². The molecule has 0 unspecified atom stereocenters. The molecule has 4 nitrogen and oxygen atoms in total. The van der Waals surface area contributed by atoms with Crippen LogP contribution < -0.4 is 0 Å². The molecular weight excluding hydrogens is 220 g/mol. The molecule has 0 radical (unpaired) electrons. The molecule has 1 aromatic rings. The zero-order valence-electron chi connectivity index (χ0n) is 8.20. The fraction of sp³-hybridized carbons (Fsp3) is 0.200. The molecule has 0 saturated carbocycles. The van der Waals surface area contributed by atoms with E-state index in [1.54, 1.807) is 0 Å². The molecule has 0 aliphatic rings. The number of benzene rings is 1. The van der Waals surface area contributed by atoms with E-state index in [0.717, 1.165) is 19.2 Å². The number of nitrogens with zero attached hydrogens (tertiary/aromatic N) is 1. The van der Waals surface area contributed by atoms with Gasteiger partial charge in [-0.05, 0) is 12.1 Å². The molecule has 0 amide bonds. The molecule has 84 valence electrons. The Labute approximate surface area is 89.7 Å². The van der Waals surface area contributed by atoms with E-state index in [1.807, 2.05) is 0 Å². The smallest absolute Gasteiger partial charge is 0.337 e. The van der Waals surface area contributed by atoms with Gasteiger partial charge in [-0.15, -0.1) is 0 Å². The first-order valence-corrected chi connectivity index (χ1v) is 4.14. The number of carbonyl (C=O) groups is 1. The van der Waals surface area contributed by atoms with Gasteiger partial charge in [0.05, 0.1) is 23.8 Å². The quantitative estimate of drug-likeness (QED) is 0.784. The molecule has 1 rings (SSSR count). The SMILES string of the molecule is COC(=O)c1cc(C#N)c(O)c(C(F)F)c1. The molecule has 0 spiro atoms. The standard InChI is InChI=1S/C10H7F2NO3/c1-16-10(15)5-2-6(4-13)8(14)7(3-5)9(11)12/h2-3,9,14H,1H3. The maximum absolute atomic E-state index is 12.5. The molecule has 0 atom stereocenters. The third-order valence-electron chi connectivity index (χ3n) is 1.92. The van der Waals surface area contributed by atoms with Gasteiger partial charge < -0.3 is 9.84 Å². The summed E-state index contributed by atoms with van der Waals surface area (Å²) in [6, 6.07) is 3.31. The number of halogens is 2. The van der Waals surface area contributed by atoms with Crippen LogP contribution in [-0.4, -0.2) is 18.2 Å². The first-order chi connectivity index (χ1) is 7.51. The first kappa shape index (κ1) is 11.9. The number of rotatable bonds is 2. The fourth-order valence-corrected chi connectivity index (χ4v) is 1.14. The number of nitriles is 1. The summed E-state index contributed by atoms with van der Waals surface area (Å²) in [7, 11) is 1.09. The lowest BCUT2D eigenvalue weighted by atomic mass is 10.0. The van der Waals surface area contributed by atoms with Crippen molar-refractivity contribution in [3.63, 3.8) is 0 Å². The van der Waals surface area contributed by atoms with Gasteiger partial charge in [0.15, 0.2) is 0 Å². The average Bonchev–Trinajstić information content (AvgIpc) is 2.27. The third-order valence-corrected chi connectivity index (χ3v) is 1.92. The van der Waals surface area contributed by atoms with Gasteiger partial charge in [-0.3, -0.25) is 0 Å². The van der Waals surface area contributed by atoms with Crippen LogP contribution in [-0.2, 0) is 4.74 Å².